The molecule has 2 aromatic rings. The highest BCUT2D eigenvalue weighted by atomic mass is 32.1. The Morgan fingerprint density at radius 1 is 1.35 bits per heavy atom. The zero-order valence-electron chi connectivity index (χ0n) is 13.5. The van der Waals surface area contributed by atoms with Crippen molar-refractivity contribution in [2.24, 2.45) is 0 Å². The van der Waals surface area contributed by atoms with Crippen molar-refractivity contribution in [2.45, 2.75) is 26.4 Å². The number of ether oxygens (including phenoxy) is 1. The number of hydrogen-bond donors (Lipinski definition) is 2. The van der Waals surface area contributed by atoms with Gasteiger partial charge in [-0.2, -0.15) is 0 Å². The number of anilines is 1. The van der Waals surface area contributed by atoms with E-state index in [-0.39, 0.29) is 0 Å². The number of carbonyl (C=O) groups excluding carboxylic acids is 1. The lowest BCUT2D eigenvalue weighted by atomic mass is 10.1. The van der Waals surface area contributed by atoms with E-state index in [9.17, 15) is 4.79 Å². The van der Waals surface area contributed by atoms with Crippen molar-refractivity contribution in [3.63, 3.8) is 0 Å². The van der Waals surface area contributed by atoms with Crippen LogP contribution in [0.1, 0.15) is 26.3 Å². The third kappa shape index (κ3) is 5.75. The quantitative estimate of drug-likeness (QED) is 0.890. The van der Waals surface area contributed by atoms with Crippen molar-refractivity contribution >= 4 is 28.6 Å². The van der Waals surface area contributed by atoms with Gasteiger partial charge >= 0.3 is 6.09 Å². The van der Waals surface area contributed by atoms with Gasteiger partial charge in [0.15, 0.2) is 5.13 Å². The highest BCUT2D eigenvalue weighted by Gasteiger charge is 2.14. The highest BCUT2D eigenvalue weighted by Crippen LogP contribution is 2.23. The summed E-state index contributed by atoms with van der Waals surface area (Å²) in [4.78, 5) is 15.7. The van der Waals surface area contributed by atoms with Gasteiger partial charge in [-0.25, -0.2) is 9.78 Å². The lowest BCUT2D eigenvalue weighted by Gasteiger charge is -2.19. The Hall–Kier alpha value is -2.34. The molecule has 0 aliphatic heterocycles. The predicted octanol–water partition coefficient (Wildman–Crippen LogP) is 3.93. The van der Waals surface area contributed by atoms with E-state index in [0.29, 0.717) is 11.7 Å². The maximum Gasteiger partial charge on any atom is 0.407 e. The molecule has 0 saturated heterocycles. The summed E-state index contributed by atoms with van der Waals surface area (Å²) < 4.78 is 5.16. The standard InChI is InChI=1S/C17H21N3O2S/c1-17(2,3)22-16(21)19-10-4-5-12-6-8-13(9-7-12)14-11-23-15(18)20-14/h4-9,11H,10H2,1-3H3,(H2,18,20)(H,19,21). The predicted molar refractivity (Wildman–Crippen MR) is 95.2 cm³/mol. The minimum absolute atomic E-state index is 0.416. The van der Waals surface area contributed by atoms with Crippen LogP contribution < -0.4 is 11.1 Å². The molecule has 0 spiro atoms. The summed E-state index contributed by atoms with van der Waals surface area (Å²) in [5, 5.41) is 5.18. The molecule has 0 aliphatic carbocycles. The number of carbonyl (C=O) groups is 1. The second kappa shape index (κ2) is 7.28. The van der Waals surface area contributed by atoms with Gasteiger partial charge in [0.25, 0.3) is 0 Å². The number of nitrogens with two attached hydrogens (primary N) is 1. The monoisotopic (exact) mass is 331 g/mol. The topological polar surface area (TPSA) is 77.2 Å². The number of aromatic nitrogens is 1. The van der Waals surface area contributed by atoms with Gasteiger partial charge in [0.1, 0.15) is 5.60 Å². The first-order valence-corrected chi connectivity index (χ1v) is 8.16. The summed E-state index contributed by atoms with van der Waals surface area (Å²) in [7, 11) is 0. The molecule has 1 heterocycles. The number of rotatable bonds is 4. The van der Waals surface area contributed by atoms with Gasteiger partial charge in [-0.05, 0) is 26.3 Å². The van der Waals surface area contributed by atoms with E-state index in [1.165, 1.54) is 11.3 Å². The van der Waals surface area contributed by atoms with Crippen LogP contribution in [0.3, 0.4) is 0 Å². The molecule has 23 heavy (non-hydrogen) atoms. The summed E-state index contributed by atoms with van der Waals surface area (Å²) in [6.45, 7) is 5.92. The molecular weight excluding hydrogens is 310 g/mol. The van der Waals surface area contributed by atoms with Gasteiger partial charge in [0.05, 0.1) is 5.69 Å². The van der Waals surface area contributed by atoms with Crippen LogP contribution in [0.5, 0.6) is 0 Å². The van der Waals surface area contributed by atoms with E-state index in [2.05, 4.69) is 10.3 Å². The van der Waals surface area contributed by atoms with Crippen LogP contribution in [0.25, 0.3) is 17.3 Å². The van der Waals surface area contributed by atoms with Gasteiger partial charge in [-0.15, -0.1) is 11.3 Å². The molecule has 122 valence electrons. The fourth-order valence-corrected chi connectivity index (χ4v) is 2.41. The Labute approximate surface area is 140 Å². The molecule has 2 rings (SSSR count). The van der Waals surface area contributed by atoms with Crippen molar-refractivity contribution in [3.05, 3.63) is 41.3 Å². The number of nitrogens with zero attached hydrogens (tertiary/aromatic N) is 1. The van der Waals surface area contributed by atoms with Crippen molar-refractivity contribution in [1.29, 1.82) is 0 Å². The van der Waals surface area contributed by atoms with E-state index < -0.39 is 11.7 Å². The molecule has 0 radical (unpaired) electrons. The first kappa shape index (κ1) is 17.0. The van der Waals surface area contributed by atoms with Crippen LogP contribution in [0, 0.1) is 0 Å². The average molecular weight is 331 g/mol. The Bertz CT molecular complexity index is 685. The van der Waals surface area contributed by atoms with Gasteiger partial charge in [0.2, 0.25) is 0 Å². The summed E-state index contributed by atoms with van der Waals surface area (Å²) in [5.41, 5.74) is 8.12. The number of hydrogen-bond acceptors (Lipinski definition) is 5. The van der Waals surface area contributed by atoms with Crippen LogP contribution in [0.15, 0.2) is 35.7 Å². The highest BCUT2D eigenvalue weighted by molar-refractivity contribution is 7.13. The fraction of sp³-hybridized carbons (Fsp3) is 0.294. The molecule has 1 amide bonds. The molecule has 0 fully saturated rings. The fourth-order valence-electron chi connectivity index (χ4n) is 1.84. The first-order chi connectivity index (χ1) is 10.8. The lowest BCUT2D eigenvalue weighted by Crippen LogP contribution is -2.32. The second-order valence-corrected chi connectivity index (χ2v) is 6.87. The average Bonchev–Trinajstić information content (AvgIpc) is 2.89. The molecule has 5 nitrogen and oxygen atoms in total. The van der Waals surface area contributed by atoms with Crippen molar-refractivity contribution in [3.8, 4) is 11.3 Å². The molecule has 3 N–H and O–H groups in total. The van der Waals surface area contributed by atoms with Gasteiger partial charge < -0.3 is 15.8 Å². The van der Waals surface area contributed by atoms with E-state index >= 15 is 0 Å². The first-order valence-electron chi connectivity index (χ1n) is 7.28. The van der Waals surface area contributed by atoms with Gasteiger partial charge in [0, 0.05) is 17.5 Å². The molecule has 0 bridgehead atoms. The van der Waals surface area contributed by atoms with Crippen LogP contribution >= 0.6 is 11.3 Å². The normalized spacial score (nSPS) is 11.6. The Balaban J connectivity index is 1.85. The van der Waals surface area contributed by atoms with E-state index in [4.69, 9.17) is 10.5 Å². The van der Waals surface area contributed by atoms with Crippen LogP contribution in [0.2, 0.25) is 0 Å². The summed E-state index contributed by atoms with van der Waals surface area (Å²) in [5.74, 6) is 0. The van der Waals surface area contributed by atoms with Crippen LogP contribution in [-0.4, -0.2) is 23.2 Å². The van der Waals surface area contributed by atoms with Gasteiger partial charge in [-0.1, -0.05) is 36.4 Å². The third-order valence-electron chi connectivity index (χ3n) is 2.80. The Morgan fingerprint density at radius 2 is 2.04 bits per heavy atom. The molecule has 6 heteroatoms. The summed E-state index contributed by atoms with van der Waals surface area (Å²) >= 11 is 1.43. The number of amides is 1. The molecule has 0 atom stereocenters. The number of alkyl carbamates (subject to hydrolysis) is 1. The van der Waals surface area contributed by atoms with Crippen molar-refractivity contribution < 1.29 is 9.53 Å². The van der Waals surface area contributed by atoms with E-state index in [1.807, 2.05) is 62.6 Å². The third-order valence-corrected chi connectivity index (χ3v) is 3.48. The molecule has 0 saturated carbocycles. The molecule has 0 unspecified atom stereocenters. The smallest absolute Gasteiger partial charge is 0.407 e. The number of nitrogen functional groups attached to an aromatic ring is 1. The SMILES string of the molecule is CC(C)(C)OC(=O)NCC=Cc1ccc(-c2csc(N)n2)cc1. The van der Waals surface area contributed by atoms with Crippen LogP contribution in [-0.2, 0) is 4.74 Å². The Morgan fingerprint density at radius 3 is 2.61 bits per heavy atom. The van der Waals surface area contributed by atoms with E-state index in [1.54, 1.807) is 0 Å². The number of thiazole rings is 1. The minimum Gasteiger partial charge on any atom is -0.444 e. The number of benzene rings is 1. The van der Waals surface area contributed by atoms with Crippen LogP contribution in [0.4, 0.5) is 9.93 Å². The van der Waals surface area contributed by atoms with E-state index in [0.717, 1.165) is 16.8 Å². The molecule has 0 aliphatic rings. The largest absolute Gasteiger partial charge is 0.444 e. The lowest BCUT2D eigenvalue weighted by molar-refractivity contribution is 0.0534. The Kier molecular flexibility index (Phi) is 5.39. The summed E-state index contributed by atoms with van der Waals surface area (Å²) in [6.07, 6.45) is 3.40. The van der Waals surface area contributed by atoms with Crippen molar-refractivity contribution in [1.82, 2.24) is 10.3 Å². The molecular formula is C17H21N3O2S. The zero-order valence-corrected chi connectivity index (χ0v) is 14.3. The maximum absolute atomic E-state index is 11.5. The maximum atomic E-state index is 11.5. The van der Waals surface area contributed by atoms with Crippen molar-refractivity contribution in [2.75, 3.05) is 12.3 Å². The van der Waals surface area contributed by atoms with Gasteiger partial charge in [-0.3, -0.25) is 0 Å². The zero-order chi connectivity index (χ0) is 16.9. The number of nitrogens with one attached hydrogen (secondary N) is 1. The second-order valence-electron chi connectivity index (χ2n) is 5.98. The molecule has 1 aromatic carbocycles. The summed E-state index contributed by atoms with van der Waals surface area (Å²) in [6, 6.07) is 7.98. The molecule has 1 aromatic heterocycles. The minimum atomic E-state index is -0.483.